The number of carbonyl (C=O) groups excluding carboxylic acids is 3. The molecule has 1 aliphatic rings. The molecule has 0 aromatic heterocycles. The van der Waals surface area contributed by atoms with Crippen LogP contribution in [-0.4, -0.2) is 61.7 Å². The van der Waals surface area contributed by atoms with Gasteiger partial charge in [-0.1, -0.05) is 12.1 Å². The predicted octanol–water partition coefficient (Wildman–Crippen LogP) is 2.19. The second-order valence-electron chi connectivity index (χ2n) is 8.10. The molecular formula is C21H31N3O5. The minimum atomic E-state index is -0.615. The van der Waals surface area contributed by atoms with E-state index in [1.54, 1.807) is 40.0 Å². The fraction of sp³-hybridized carbons (Fsp3) is 0.571. The Bertz CT molecular complexity index is 721. The number of nitrogens with one attached hydrogen (secondary N) is 2. The topological polar surface area (TPSA) is 97.0 Å². The van der Waals surface area contributed by atoms with E-state index in [0.717, 1.165) is 12.8 Å². The number of hydrogen-bond acceptors (Lipinski definition) is 5. The Kier molecular flexibility index (Phi) is 7.87. The molecular weight excluding hydrogens is 374 g/mol. The van der Waals surface area contributed by atoms with Gasteiger partial charge in [-0.25, -0.2) is 4.79 Å². The number of amides is 3. The smallest absolute Gasteiger partial charge is 0.408 e. The van der Waals surface area contributed by atoms with E-state index in [0.29, 0.717) is 36.9 Å². The highest BCUT2D eigenvalue weighted by atomic mass is 16.6. The van der Waals surface area contributed by atoms with Gasteiger partial charge in [-0.3, -0.25) is 9.59 Å². The molecule has 0 saturated carbocycles. The number of methoxy groups -OCH3 is 1. The summed E-state index contributed by atoms with van der Waals surface area (Å²) in [5.41, 5.74) is -0.0367. The Morgan fingerprint density at radius 2 is 1.76 bits per heavy atom. The van der Waals surface area contributed by atoms with E-state index in [1.807, 2.05) is 17.0 Å². The molecule has 0 bridgehead atoms. The van der Waals surface area contributed by atoms with Crippen molar-refractivity contribution in [3.05, 3.63) is 29.8 Å². The Hall–Kier alpha value is -2.77. The normalized spacial score (nSPS) is 14.8. The minimum Gasteiger partial charge on any atom is -0.496 e. The maximum atomic E-state index is 12.7. The number of alkyl carbamates (subject to hydrolysis) is 1. The number of nitrogens with zero attached hydrogens (tertiary/aromatic N) is 1. The van der Waals surface area contributed by atoms with Crippen molar-refractivity contribution in [3.63, 3.8) is 0 Å². The number of rotatable bonds is 6. The fourth-order valence-electron chi connectivity index (χ4n) is 3.12. The zero-order valence-electron chi connectivity index (χ0n) is 17.6. The largest absolute Gasteiger partial charge is 0.496 e. The van der Waals surface area contributed by atoms with Crippen LogP contribution >= 0.6 is 0 Å². The van der Waals surface area contributed by atoms with Gasteiger partial charge in [0.25, 0.3) is 5.91 Å². The van der Waals surface area contributed by atoms with Crippen LogP contribution in [0.1, 0.15) is 44.0 Å². The number of para-hydroxylation sites is 1. The van der Waals surface area contributed by atoms with Crippen LogP contribution in [0.15, 0.2) is 24.3 Å². The Morgan fingerprint density at radius 3 is 2.38 bits per heavy atom. The molecule has 0 spiro atoms. The molecule has 160 valence electrons. The van der Waals surface area contributed by atoms with Crippen LogP contribution in [0.2, 0.25) is 0 Å². The second-order valence-corrected chi connectivity index (χ2v) is 8.10. The lowest BCUT2D eigenvalue weighted by Gasteiger charge is -2.32. The third-order valence-corrected chi connectivity index (χ3v) is 4.62. The number of likely N-dealkylation sites (tertiary alicyclic amines) is 1. The van der Waals surface area contributed by atoms with E-state index < -0.39 is 11.7 Å². The minimum absolute atomic E-state index is 0.0357. The summed E-state index contributed by atoms with van der Waals surface area (Å²) in [6, 6.07) is 7.21. The zero-order chi connectivity index (χ0) is 21.4. The van der Waals surface area contributed by atoms with E-state index in [2.05, 4.69) is 10.6 Å². The van der Waals surface area contributed by atoms with E-state index in [4.69, 9.17) is 9.47 Å². The third-order valence-electron chi connectivity index (χ3n) is 4.62. The van der Waals surface area contributed by atoms with Crippen molar-refractivity contribution in [2.24, 2.45) is 5.92 Å². The molecule has 0 aliphatic carbocycles. The Labute approximate surface area is 171 Å². The molecule has 2 rings (SSSR count). The van der Waals surface area contributed by atoms with Crippen LogP contribution < -0.4 is 15.4 Å². The summed E-state index contributed by atoms with van der Waals surface area (Å²) in [7, 11) is 1.55. The maximum absolute atomic E-state index is 12.7. The summed E-state index contributed by atoms with van der Waals surface area (Å²) in [5.74, 6) is 0.571. The van der Waals surface area contributed by atoms with Crippen molar-refractivity contribution in [3.8, 4) is 5.75 Å². The van der Waals surface area contributed by atoms with Crippen molar-refractivity contribution in [1.82, 2.24) is 15.5 Å². The summed E-state index contributed by atoms with van der Waals surface area (Å²) in [6.45, 7) is 6.94. The van der Waals surface area contributed by atoms with Crippen LogP contribution in [0.5, 0.6) is 5.75 Å². The lowest BCUT2D eigenvalue weighted by atomic mass is 9.96. The predicted molar refractivity (Wildman–Crippen MR) is 109 cm³/mol. The molecule has 1 aliphatic heterocycles. The van der Waals surface area contributed by atoms with E-state index >= 15 is 0 Å². The third kappa shape index (κ3) is 7.29. The molecule has 29 heavy (non-hydrogen) atoms. The highest BCUT2D eigenvalue weighted by molar-refractivity contribution is 5.97. The van der Waals surface area contributed by atoms with Gasteiger partial charge in [-0.05, 0) is 51.7 Å². The van der Waals surface area contributed by atoms with Crippen LogP contribution in [0.4, 0.5) is 4.79 Å². The number of carbonyl (C=O) groups is 3. The van der Waals surface area contributed by atoms with Crippen LogP contribution in [0.25, 0.3) is 0 Å². The average Bonchev–Trinajstić information content (AvgIpc) is 2.69. The fourth-order valence-corrected chi connectivity index (χ4v) is 3.12. The van der Waals surface area contributed by atoms with Gasteiger partial charge in [-0.15, -0.1) is 0 Å². The Balaban J connectivity index is 1.71. The van der Waals surface area contributed by atoms with Gasteiger partial charge in [0, 0.05) is 19.6 Å². The molecule has 1 saturated heterocycles. The number of ether oxygens (including phenoxy) is 2. The number of benzene rings is 1. The van der Waals surface area contributed by atoms with Crippen LogP contribution in [0, 0.1) is 5.92 Å². The van der Waals surface area contributed by atoms with Crippen molar-refractivity contribution in [2.45, 2.75) is 39.2 Å². The van der Waals surface area contributed by atoms with Crippen LogP contribution in [0.3, 0.4) is 0 Å². The Morgan fingerprint density at radius 1 is 1.10 bits per heavy atom. The average molecular weight is 405 g/mol. The molecule has 8 heteroatoms. The van der Waals surface area contributed by atoms with Crippen molar-refractivity contribution in [1.29, 1.82) is 0 Å². The van der Waals surface area contributed by atoms with Gasteiger partial charge in [0.15, 0.2) is 0 Å². The first-order valence-corrected chi connectivity index (χ1v) is 9.85. The van der Waals surface area contributed by atoms with Crippen molar-refractivity contribution in [2.75, 3.05) is 33.3 Å². The maximum Gasteiger partial charge on any atom is 0.408 e. The zero-order valence-corrected chi connectivity index (χ0v) is 17.6. The number of hydrogen-bond donors (Lipinski definition) is 2. The summed E-state index contributed by atoms with van der Waals surface area (Å²) >= 11 is 0. The molecule has 1 aromatic rings. The molecule has 1 aromatic carbocycles. The molecule has 3 amide bonds. The van der Waals surface area contributed by atoms with E-state index in [1.165, 1.54) is 0 Å². The lowest BCUT2D eigenvalue weighted by molar-refractivity contribution is -0.120. The molecule has 8 nitrogen and oxygen atoms in total. The molecule has 0 radical (unpaired) electrons. The van der Waals surface area contributed by atoms with Gasteiger partial charge < -0.3 is 25.0 Å². The molecule has 0 atom stereocenters. The molecule has 2 N–H and O–H groups in total. The quantitative estimate of drug-likeness (QED) is 0.756. The number of piperidine rings is 1. The van der Waals surface area contributed by atoms with E-state index in [9.17, 15) is 14.4 Å². The molecule has 1 heterocycles. The highest BCUT2D eigenvalue weighted by Gasteiger charge is 2.25. The van der Waals surface area contributed by atoms with Gasteiger partial charge in [-0.2, -0.15) is 0 Å². The highest BCUT2D eigenvalue weighted by Crippen LogP contribution is 2.23. The van der Waals surface area contributed by atoms with Crippen LogP contribution in [-0.2, 0) is 9.53 Å². The molecule has 0 unspecified atom stereocenters. The summed E-state index contributed by atoms with van der Waals surface area (Å²) in [6.07, 6.45) is 0.997. The first-order valence-electron chi connectivity index (χ1n) is 9.85. The summed E-state index contributed by atoms with van der Waals surface area (Å²) in [4.78, 5) is 38.0. The first-order chi connectivity index (χ1) is 13.7. The second kappa shape index (κ2) is 10.1. The SMILES string of the molecule is COc1ccccc1C(=O)N1CCC(CNC(=O)CNC(=O)OC(C)(C)C)CC1. The van der Waals surface area contributed by atoms with Crippen molar-refractivity contribution >= 4 is 17.9 Å². The molecule has 1 fully saturated rings. The summed E-state index contributed by atoms with van der Waals surface area (Å²) in [5, 5.41) is 5.27. The van der Waals surface area contributed by atoms with Crippen molar-refractivity contribution < 1.29 is 23.9 Å². The standard InChI is InChI=1S/C21H31N3O5/c1-21(2,3)29-20(27)23-14-18(25)22-13-15-9-11-24(12-10-15)19(26)16-7-5-6-8-17(16)28-4/h5-8,15H,9-14H2,1-4H3,(H,22,25)(H,23,27). The lowest BCUT2D eigenvalue weighted by Crippen LogP contribution is -2.44. The monoisotopic (exact) mass is 405 g/mol. The van der Waals surface area contributed by atoms with Gasteiger partial charge >= 0.3 is 6.09 Å². The van der Waals surface area contributed by atoms with Gasteiger partial charge in [0.05, 0.1) is 19.2 Å². The van der Waals surface area contributed by atoms with Gasteiger partial charge in [0.1, 0.15) is 11.4 Å². The summed E-state index contributed by atoms with van der Waals surface area (Å²) < 4.78 is 10.4. The van der Waals surface area contributed by atoms with E-state index in [-0.39, 0.29) is 18.4 Å². The van der Waals surface area contributed by atoms with Gasteiger partial charge in [0.2, 0.25) is 5.91 Å². The first kappa shape index (κ1) is 22.5.